The third-order valence-electron chi connectivity index (χ3n) is 4.09. The zero-order valence-corrected chi connectivity index (χ0v) is 17.6. The van der Waals surface area contributed by atoms with E-state index in [2.05, 4.69) is 37.7 Å². The van der Waals surface area contributed by atoms with Crippen LogP contribution in [0.25, 0.3) is 0 Å². The van der Waals surface area contributed by atoms with Crippen LogP contribution in [0.1, 0.15) is 47.5 Å². The average molecular weight is 409 g/mol. The van der Waals surface area contributed by atoms with Crippen molar-refractivity contribution in [3.05, 3.63) is 22.2 Å². The van der Waals surface area contributed by atoms with E-state index in [0.717, 1.165) is 0 Å². The lowest BCUT2D eigenvalue weighted by Gasteiger charge is -2.46. The molecule has 25 heavy (non-hydrogen) atoms. The molecule has 2 N–H and O–H groups in total. The predicted octanol–water partition coefficient (Wildman–Crippen LogP) is 3.98. The van der Waals surface area contributed by atoms with E-state index >= 15 is 0 Å². The van der Waals surface area contributed by atoms with Gasteiger partial charge >= 0.3 is 0 Å². The van der Waals surface area contributed by atoms with Gasteiger partial charge in [-0.1, -0.05) is 23.2 Å². The first-order chi connectivity index (χ1) is 11.4. The van der Waals surface area contributed by atoms with Crippen molar-refractivity contribution in [1.82, 2.24) is 10.0 Å². The van der Waals surface area contributed by atoms with Gasteiger partial charge in [-0.25, -0.2) is 13.1 Å². The molecule has 8 heteroatoms. The first kappa shape index (κ1) is 20.8. The Morgan fingerprint density at radius 1 is 1.16 bits per heavy atom. The molecule has 0 atom stereocenters. The molecule has 0 amide bonds. The summed E-state index contributed by atoms with van der Waals surface area (Å²) in [5.74, 6) is 0.372. The summed E-state index contributed by atoms with van der Waals surface area (Å²) in [5.41, 5.74) is -0.343. The predicted molar refractivity (Wildman–Crippen MR) is 102 cm³/mol. The summed E-state index contributed by atoms with van der Waals surface area (Å²) in [7, 11) is -3.79. The number of sulfonamides is 1. The Labute approximate surface area is 160 Å². The van der Waals surface area contributed by atoms with Crippen molar-refractivity contribution >= 4 is 33.2 Å². The molecule has 1 aliphatic rings. The van der Waals surface area contributed by atoms with Crippen molar-refractivity contribution < 1.29 is 13.2 Å². The van der Waals surface area contributed by atoms with Crippen molar-refractivity contribution in [2.45, 2.75) is 69.5 Å². The fraction of sp³-hybridized carbons (Fsp3) is 0.647. The Balaban J connectivity index is 2.29. The third-order valence-corrected chi connectivity index (χ3v) is 6.37. The van der Waals surface area contributed by atoms with Crippen molar-refractivity contribution in [1.29, 1.82) is 0 Å². The highest BCUT2D eigenvalue weighted by molar-refractivity contribution is 7.89. The highest BCUT2D eigenvalue weighted by Gasteiger charge is 2.39. The molecule has 0 saturated carbocycles. The minimum Gasteiger partial charge on any atom is -0.492 e. The van der Waals surface area contributed by atoms with Crippen molar-refractivity contribution in [2.75, 3.05) is 6.61 Å². The first-order valence-corrected chi connectivity index (χ1v) is 10.5. The van der Waals surface area contributed by atoms with Crippen molar-refractivity contribution in [3.63, 3.8) is 0 Å². The Kier molecular flexibility index (Phi) is 6.01. The van der Waals surface area contributed by atoms with Crippen LogP contribution in [0.2, 0.25) is 10.0 Å². The van der Waals surface area contributed by atoms with E-state index in [0.29, 0.717) is 25.2 Å². The van der Waals surface area contributed by atoms with Gasteiger partial charge in [-0.2, -0.15) is 0 Å². The first-order valence-electron chi connectivity index (χ1n) is 8.29. The van der Waals surface area contributed by atoms with Gasteiger partial charge in [0, 0.05) is 23.2 Å². The second kappa shape index (κ2) is 7.24. The molecule has 1 saturated heterocycles. The van der Waals surface area contributed by atoms with Gasteiger partial charge < -0.3 is 10.1 Å². The quantitative estimate of drug-likeness (QED) is 0.772. The number of hydrogen-bond acceptors (Lipinski definition) is 4. The van der Waals surface area contributed by atoms with E-state index in [1.165, 1.54) is 12.1 Å². The van der Waals surface area contributed by atoms with E-state index in [1.54, 1.807) is 0 Å². The molecule has 0 aliphatic carbocycles. The number of benzene rings is 1. The maximum absolute atomic E-state index is 12.8. The van der Waals surface area contributed by atoms with Gasteiger partial charge in [0.25, 0.3) is 0 Å². The zero-order chi connectivity index (χ0) is 19.0. The normalized spacial score (nSPS) is 20.4. The van der Waals surface area contributed by atoms with Crippen LogP contribution in [-0.4, -0.2) is 32.1 Å². The van der Waals surface area contributed by atoms with E-state index in [9.17, 15) is 8.42 Å². The van der Waals surface area contributed by atoms with Gasteiger partial charge in [0.1, 0.15) is 10.6 Å². The number of nitrogens with one attached hydrogen (secondary N) is 2. The average Bonchev–Trinajstić information content (AvgIpc) is 2.38. The van der Waals surface area contributed by atoms with Gasteiger partial charge in [0.15, 0.2) is 0 Å². The van der Waals surface area contributed by atoms with E-state index in [1.807, 2.05) is 6.92 Å². The lowest BCUT2D eigenvalue weighted by atomic mass is 9.80. The van der Waals surface area contributed by atoms with E-state index in [4.69, 9.17) is 27.9 Å². The molecule has 142 valence electrons. The van der Waals surface area contributed by atoms with Crippen LogP contribution in [0.3, 0.4) is 0 Å². The summed E-state index contributed by atoms with van der Waals surface area (Å²) in [6.45, 7) is 10.5. The maximum Gasteiger partial charge on any atom is 0.242 e. The van der Waals surface area contributed by atoms with Crippen LogP contribution in [0.5, 0.6) is 5.75 Å². The van der Waals surface area contributed by atoms with E-state index < -0.39 is 10.0 Å². The minimum atomic E-state index is -3.79. The molecule has 1 aromatic rings. The summed E-state index contributed by atoms with van der Waals surface area (Å²) in [4.78, 5) is -0.0308. The van der Waals surface area contributed by atoms with Crippen molar-refractivity contribution in [2.24, 2.45) is 0 Å². The van der Waals surface area contributed by atoms with Crippen LogP contribution in [0.15, 0.2) is 17.0 Å². The molecule has 1 aliphatic heterocycles. The lowest BCUT2D eigenvalue weighted by molar-refractivity contribution is 0.157. The molecule has 0 bridgehead atoms. The minimum absolute atomic E-state index is 0.0308. The standard InChI is InChI=1S/C17H26Cl2N2O3S/c1-6-24-14-7-13(19)15(8-12(14)18)25(22,23)20-11-9-16(2,3)21-17(4,5)10-11/h7-8,11,20-21H,6,9-10H2,1-5H3. The smallest absolute Gasteiger partial charge is 0.242 e. The monoisotopic (exact) mass is 408 g/mol. The summed E-state index contributed by atoms with van der Waals surface area (Å²) >= 11 is 12.3. The van der Waals surface area contributed by atoms with E-state index in [-0.39, 0.29) is 32.1 Å². The Morgan fingerprint density at radius 2 is 1.72 bits per heavy atom. The number of hydrogen-bond donors (Lipinski definition) is 2. The number of piperidine rings is 1. The molecule has 0 unspecified atom stereocenters. The largest absolute Gasteiger partial charge is 0.492 e. The van der Waals surface area contributed by atoms with Gasteiger partial charge in [0.2, 0.25) is 10.0 Å². The fourth-order valence-electron chi connectivity index (χ4n) is 3.67. The summed E-state index contributed by atoms with van der Waals surface area (Å²) in [6.07, 6.45) is 1.36. The maximum atomic E-state index is 12.8. The highest BCUT2D eigenvalue weighted by Crippen LogP contribution is 2.35. The molecule has 0 spiro atoms. The molecule has 0 aromatic heterocycles. The molecule has 2 rings (SSSR count). The van der Waals surface area contributed by atoms with Gasteiger partial charge in [-0.15, -0.1) is 0 Å². The Hall–Kier alpha value is -0.530. The molecule has 5 nitrogen and oxygen atoms in total. The number of halogens is 2. The SMILES string of the molecule is CCOc1cc(Cl)c(S(=O)(=O)NC2CC(C)(C)NC(C)(C)C2)cc1Cl. The summed E-state index contributed by atoms with van der Waals surface area (Å²) in [5, 5.41) is 3.84. The topological polar surface area (TPSA) is 67.4 Å². The summed E-state index contributed by atoms with van der Waals surface area (Å²) in [6, 6.07) is 2.59. The Bertz CT molecular complexity index is 733. The Morgan fingerprint density at radius 3 is 2.24 bits per heavy atom. The summed E-state index contributed by atoms with van der Waals surface area (Å²) < 4.78 is 33.8. The molecule has 0 radical (unpaired) electrons. The number of rotatable bonds is 5. The van der Waals surface area contributed by atoms with Crippen LogP contribution in [-0.2, 0) is 10.0 Å². The lowest BCUT2D eigenvalue weighted by Crippen LogP contribution is -2.62. The second-order valence-electron chi connectivity index (χ2n) is 7.77. The zero-order valence-electron chi connectivity index (χ0n) is 15.2. The second-order valence-corrected chi connectivity index (χ2v) is 10.3. The van der Waals surface area contributed by atoms with Gasteiger partial charge in [0.05, 0.1) is 16.7 Å². The molecular formula is C17H26Cl2N2O3S. The van der Waals surface area contributed by atoms with Crippen LogP contribution in [0.4, 0.5) is 0 Å². The third kappa shape index (κ3) is 5.23. The fourth-order valence-corrected chi connectivity index (χ4v) is 5.73. The number of ether oxygens (including phenoxy) is 1. The molecule has 1 aromatic carbocycles. The molecular weight excluding hydrogens is 383 g/mol. The van der Waals surface area contributed by atoms with Crippen molar-refractivity contribution in [3.8, 4) is 5.75 Å². The molecule has 1 heterocycles. The van der Waals surface area contributed by atoms with Gasteiger partial charge in [-0.3, -0.25) is 0 Å². The van der Waals surface area contributed by atoms with Crippen LogP contribution < -0.4 is 14.8 Å². The molecule has 1 fully saturated rings. The highest BCUT2D eigenvalue weighted by atomic mass is 35.5. The van der Waals surface area contributed by atoms with Crippen LogP contribution >= 0.6 is 23.2 Å². The van der Waals surface area contributed by atoms with Crippen LogP contribution in [0, 0.1) is 0 Å². The van der Waals surface area contributed by atoms with Gasteiger partial charge in [-0.05, 0) is 53.5 Å².